The molecule has 0 bridgehead atoms. The minimum absolute atomic E-state index is 0.0905. The van der Waals surface area contributed by atoms with E-state index in [1.807, 2.05) is 67.3 Å². The van der Waals surface area contributed by atoms with Gasteiger partial charge in [0.15, 0.2) is 11.0 Å². The van der Waals surface area contributed by atoms with Crippen molar-refractivity contribution in [3.8, 4) is 5.75 Å². The fourth-order valence-corrected chi connectivity index (χ4v) is 3.71. The zero-order valence-electron chi connectivity index (χ0n) is 15.3. The topological polar surface area (TPSA) is 41.9 Å². The first kappa shape index (κ1) is 18.5. The number of hydrogen-bond donors (Lipinski definition) is 0. The van der Waals surface area contributed by atoms with Gasteiger partial charge in [-0.05, 0) is 44.5 Å². The van der Waals surface area contributed by atoms with Crippen LogP contribution in [0.4, 0.5) is 5.69 Å². The van der Waals surface area contributed by atoms with Crippen LogP contribution in [-0.2, 0) is 0 Å². The summed E-state index contributed by atoms with van der Waals surface area (Å²) in [6.07, 6.45) is 1.08. The summed E-state index contributed by atoms with van der Waals surface area (Å²) in [6.45, 7) is 5.72. The number of aryl methyl sites for hydroxylation is 1. The first-order chi connectivity index (χ1) is 12.7. The van der Waals surface area contributed by atoms with E-state index in [-0.39, 0.29) is 12.3 Å². The van der Waals surface area contributed by atoms with Crippen molar-refractivity contribution in [3.63, 3.8) is 0 Å². The Balaban J connectivity index is 1.84. The number of aliphatic imine (C=N–C) groups is 1. The Morgan fingerprint density at radius 3 is 2.50 bits per heavy atom. The molecule has 0 spiro atoms. The summed E-state index contributed by atoms with van der Waals surface area (Å²) in [5.41, 5.74) is 2.84. The molecule has 0 amide bonds. The number of amidine groups is 1. The van der Waals surface area contributed by atoms with Gasteiger partial charge in [-0.3, -0.25) is 9.79 Å². The molecule has 0 aromatic heterocycles. The quantitative estimate of drug-likeness (QED) is 0.700. The number of Topliss-reactive ketones (excluding diaryl/α,β-unsaturated/α-hetero) is 1. The first-order valence-electron chi connectivity index (χ1n) is 8.95. The predicted molar refractivity (Wildman–Crippen MR) is 110 cm³/mol. The fraction of sp³-hybridized carbons (Fsp3) is 0.333. The molecule has 0 saturated heterocycles. The lowest BCUT2D eigenvalue weighted by molar-refractivity contribution is 0.100. The Morgan fingerprint density at radius 2 is 1.88 bits per heavy atom. The van der Waals surface area contributed by atoms with E-state index in [0.717, 1.165) is 46.4 Å². The summed E-state index contributed by atoms with van der Waals surface area (Å²) in [7, 11) is 0. The summed E-state index contributed by atoms with van der Waals surface area (Å²) in [4.78, 5) is 19.5. The summed E-state index contributed by atoms with van der Waals surface area (Å²) in [5.74, 6) is 1.96. The molecule has 0 fully saturated rings. The second kappa shape index (κ2) is 8.90. The lowest BCUT2D eigenvalue weighted by Crippen LogP contribution is -2.35. The molecule has 2 aromatic rings. The monoisotopic (exact) mass is 368 g/mol. The molecular formula is C21H24N2O2S. The molecule has 0 atom stereocenters. The van der Waals surface area contributed by atoms with Crippen molar-refractivity contribution < 1.29 is 9.53 Å². The normalized spacial score (nSPS) is 13.8. The molecule has 3 rings (SSSR count). The van der Waals surface area contributed by atoms with Crippen LogP contribution in [0.2, 0.25) is 0 Å². The van der Waals surface area contributed by atoms with Gasteiger partial charge in [0.25, 0.3) is 0 Å². The van der Waals surface area contributed by atoms with E-state index in [0.29, 0.717) is 6.61 Å². The van der Waals surface area contributed by atoms with Crippen molar-refractivity contribution in [3.05, 3.63) is 59.7 Å². The second-order valence-corrected chi connectivity index (χ2v) is 7.23. The summed E-state index contributed by atoms with van der Waals surface area (Å²) in [6, 6.07) is 15.6. The Labute approximate surface area is 159 Å². The fourth-order valence-electron chi connectivity index (χ4n) is 2.74. The van der Waals surface area contributed by atoms with Gasteiger partial charge >= 0.3 is 0 Å². The minimum atomic E-state index is 0.0905. The summed E-state index contributed by atoms with van der Waals surface area (Å²) in [5, 5.41) is 0.917. The summed E-state index contributed by atoms with van der Waals surface area (Å²) >= 11 is 1.71. The Morgan fingerprint density at radius 1 is 1.15 bits per heavy atom. The maximum atomic E-state index is 12.8. The Hall–Kier alpha value is -2.27. The van der Waals surface area contributed by atoms with Crippen molar-refractivity contribution >= 4 is 28.4 Å². The van der Waals surface area contributed by atoms with E-state index in [9.17, 15) is 4.79 Å². The van der Waals surface area contributed by atoms with E-state index < -0.39 is 0 Å². The third kappa shape index (κ3) is 4.67. The number of ketones is 1. The van der Waals surface area contributed by atoms with Crippen LogP contribution in [0.3, 0.4) is 0 Å². The third-order valence-electron chi connectivity index (χ3n) is 4.15. The highest BCUT2D eigenvalue weighted by Crippen LogP contribution is 2.25. The number of nitrogens with zero attached hydrogens (tertiary/aromatic N) is 2. The van der Waals surface area contributed by atoms with Crippen molar-refractivity contribution in [2.24, 2.45) is 4.99 Å². The second-order valence-electron chi connectivity index (χ2n) is 6.17. The smallest absolute Gasteiger partial charge is 0.182 e. The largest absolute Gasteiger partial charge is 0.494 e. The Kier molecular flexibility index (Phi) is 6.34. The van der Waals surface area contributed by atoms with Crippen molar-refractivity contribution in [1.29, 1.82) is 0 Å². The van der Waals surface area contributed by atoms with Gasteiger partial charge in [0.2, 0.25) is 0 Å². The number of hydrogen-bond acceptors (Lipinski definition) is 5. The Bertz CT molecular complexity index is 770. The average molecular weight is 369 g/mol. The molecule has 0 saturated carbocycles. The maximum Gasteiger partial charge on any atom is 0.182 e. The zero-order chi connectivity index (χ0) is 18.4. The van der Waals surface area contributed by atoms with Gasteiger partial charge in [-0.1, -0.05) is 41.6 Å². The zero-order valence-corrected chi connectivity index (χ0v) is 16.1. The van der Waals surface area contributed by atoms with E-state index in [1.165, 1.54) is 0 Å². The molecule has 26 heavy (non-hydrogen) atoms. The standard InChI is InChI=1S/C21H24N2O2S/c1-3-25-19-11-9-18(10-12-19)23(21-22-13-4-14-26-21)15-20(24)17-7-5-16(2)6-8-17/h5-12H,3-4,13-15H2,1-2H3. The molecule has 1 heterocycles. The maximum absolute atomic E-state index is 12.8. The number of carbonyl (C=O) groups is 1. The number of benzene rings is 2. The van der Waals surface area contributed by atoms with Crippen LogP contribution in [0, 0.1) is 6.92 Å². The number of anilines is 1. The van der Waals surface area contributed by atoms with Gasteiger partial charge < -0.3 is 9.64 Å². The molecule has 5 heteroatoms. The highest BCUT2D eigenvalue weighted by Gasteiger charge is 2.20. The highest BCUT2D eigenvalue weighted by atomic mass is 32.2. The van der Waals surface area contributed by atoms with Crippen LogP contribution in [-0.4, -0.2) is 36.4 Å². The van der Waals surface area contributed by atoms with Crippen molar-refractivity contribution in [2.45, 2.75) is 20.3 Å². The number of carbonyl (C=O) groups excluding carboxylic acids is 1. The van der Waals surface area contributed by atoms with E-state index in [4.69, 9.17) is 4.74 Å². The van der Waals surface area contributed by atoms with Crippen LogP contribution in [0.15, 0.2) is 53.5 Å². The van der Waals surface area contributed by atoms with Crippen LogP contribution in [0.5, 0.6) is 5.75 Å². The average Bonchev–Trinajstić information content (AvgIpc) is 2.68. The molecule has 1 aliphatic rings. The van der Waals surface area contributed by atoms with E-state index >= 15 is 0 Å². The van der Waals surface area contributed by atoms with Gasteiger partial charge in [0.05, 0.1) is 13.2 Å². The third-order valence-corrected chi connectivity index (χ3v) is 5.25. The minimum Gasteiger partial charge on any atom is -0.494 e. The van der Waals surface area contributed by atoms with E-state index in [1.54, 1.807) is 11.8 Å². The molecular weight excluding hydrogens is 344 g/mol. The van der Waals surface area contributed by atoms with Gasteiger partial charge in [-0.2, -0.15) is 0 Å². The molecule has 0 radical (unpaired) electrons. The number of ether oxygens (including phenoxy) is 1. The van der Waals surface area contributed by atoms with Gasteiger partial charge in [0.1, 0.15) is 5.75 Å². The molecule has 136 valence electrons. The molecule has 0 unspecified atom stereocenters. The predicted octanol–water partition coefficient (Wildman–Crippen LogP) is 4.58. The molecule has 0 N–H and O–H groups in total. The van der Waals surface area contributed by atoms with E-state index in [2.05, 4.69) is 4.99 Å². The van der Waals surface area contributed by atoms with Crippen LogP contribution in [0.1, 0.15) is 29.3 Å². The highest BCUT2D eigenvalue weighted by molar-refractivity contribution is 8.14. The molecule has 4 nitrogen and oxygen atoms in total. The lowest BCUT2D eigenvalue weighted by Gasteiger charge is -2.27. The van der Waals surface area contributed by atoms with Crippen molar-refractivity contribution in [1.82, 2.24) is 0 Å². The van der Waals surface area contributed by atoms with Gasteiger partial charge in [-0.15, -0.1) is 0 Å². The first-order valence-corrected chi connectivity index (χ1v) is 9.93. The number of thioether (sulfide) groups is 1. The molecule has 2 aromatic carbocycles. The SMILES string of the molecule is CCOc1ccc(N(CC(=O)c2ccc(C)cc2)C2=NCCCS2)cc1. The summed E-state index contributed by atoms with van der Waals surface area (Å²) < 4.78 is 5.53. The van der Waals surface area contributed by atoms with Crippen LogP contribution >= 0.6 is 11.8 Å². The number of rotatable bonds is 6. The lowest BCUT2D eigenvalue weighted by atomic mass is 10.1. The van der Waals surface area contributed by atoms with Gasteiger partial charge in [-0.25, -0.2) is 0 Å². The molecule has 0 aliphatic carbocycles. The van der Waals surface area contributed by atoms with Crippen LogP contribution in [0.25, 0.3) is 0 Å². The molecule has 1 aliphatic heterocycles. The van der Waals surface area contributed by atoms with Gasteiger partial charge in [0, 0.05) is 23.5 Å². The van der Waals surface area contributed by atoms with Crippen molar-refractivity contribution in [2.75, 3.05) is 30.3 Å². The van der Waals surface area contributed by atoms with Crippen LogP contribution < -0.4 is 9.64 Å².